The number of hydrogen-bond donors (Lipinski definition) is 1. The van der Waals surface area contributed by atoms with E-state index in [1.807, 2.05) is 35.1 Å². The maximum absolute atomic E-state index is 9.03. The molecule has 7 nitrogen and oxygen atoms in total. The number of likely N-dealkylation sites (tertiary alicyclic amines) is 1. The van der Waals surface area contributed by atoms with Crippen LogP contribution in [0, 0.1) is 11.3 Å². The summed E-state index contributed by atoms with van der Waals surface area (Å²) >= 11 is 0. The van der Waals surface area contributed by atoms with Crippen molar-refractivity contribution in [1.82, 2.24) is 24.5 Å². The Morgan fingerprint density at radius 3 is 2.82 bits per heavy atom. The van der Waals surface area contributed by atoms with Gasteiger partial charge in [0.1, 0.15) is 13.7 Å². The predicted molar refractivity (Wildman–Crippen MR) is 131 cm³/mol. The summed E-state index contributed by atoms with van der Waals surface area (Å²) in [4.78, 5) is 11.7. The lowest BCUT2D eigenvalue weighted by Gasteiger charge is -2.32. The number of pyridine rings is 1. The van der Waals surface area contributed by atoms with Crippen LogP contribution in [0.4, 0.5) is 5.82 Å². The van der Waals surface area contributed by atoms with Crippen LogP contribution in [0.25, 0.3) is 5.65 Å². The van der Waals surface area contributed by atoms with Crippen molar-refractivity contribution in [3.8, 4) is 6.07 Å². The van der Waals surface area contributed by atoms with E-state index >= 15 is 0 Å². The summed E-state index contributed by atoms with van der Waals surface area (Å²) in [6.07, 6.45) is 7.81. The number of fused-ring (bicyclic) bond motifs is 1. The first-order valence-corrected chi connectivity index (χ1v) is 11.4. The van der Waals surface area contributed by atoms with Crippen molar-refractivity contribution in [2.24, 2.45) is 0 Å². The summed E-state index contributed by atoms with van der Waals surface area (Å²) in [5.41, 5.74) is 6.17. The van der Waals surface area contributed by atoms with Crippen molar-refractivity contribution < 1.29 is 0 Å². The summed E-state index contributed by atoms with van der Waals surface area (Å²) in [5.74, 6) is 1.33. The number of rotatable bonds is 6. The molecule has 1 N–H and O–H groups in total. The number of nitrogens with zero attached hydrogens (tertiary/aromatic N) is 6. The largest absolute Gasteiger partial charge is 0.366 e. The molecule has 5 rings (SSSR count). The molecule has 0 aliphatic carbocycles. The summed E-state index contributed by atoms with van der Waals surface area (Å²) in [5, 5.41) is 17.1. The first-order valence-electron chi connectivity index (χ1n) is 11.4. The van der Waals surface area contributed by atoms with E-state index < -0.39 is 0 Å². The predicted octanol–water partition coefficient (Wildman–Crippen LogP) is 2.25. The first kappa shape index (κ1) is 21.2. The highest BCUT2D eigenvalue weighted by Gasteiger charge is 2.24. The van der Waals surface area contributed by atoms with Crippen LogP contribution in [0.15, 0.2) is 61.1 Å². The Kier molecular flexibility index (Phi) is 6.05. The van der Waals surface area contributed by atoms with Gasteiger partial charge in [0.05, 0.1) is 17.3 Å². The molecule has 1 aromatic carbocycles. The molecule has 8 heteroatoms. The van der Waals surface area contributed by atoms with Crippen molar-refractivity contribution in [3.05, 3.63) is 83.4 Å². The lowest BCUT2D eigenvalue weighted by Crippen LogP contribution is -2.34. The lowest BCUT2D eigenvalue weighted by atomic mass is 9.93. The Balaban J connectivity index is 1.36. The van der Waals surface area contributed by atoms with Crippen LogP contribution in [-0.4, -0.2) is 45.4 Å². The fraction of sp³-hybridized carbons (Fsp3) is 0.280. The van der Waals surface area contributed by atoms with Gasteiger partial charge in [-0.25, -0.2) is 4.98 Å². The van der Waals surface area contributed by atoms with E-state index in [1.165, 1.54) is 5.56 Å². The fourth-order valence-corrected chi connectivity index (χ4v) is 4.51. The molecule has 0 bridgehead atoms. The highest BCUT2D eigenvalue weighted by molar-refractivity contribution is 6.36. The molecule has 0 saturated carbocycles. The number of anilines is 1. The van der Waals surface area contributed by atoms with Gasteiger partial charge in [-0.3, -0.25) is 9.88 Å². The van der Waals surface area contributed by atoms with Gasteiger partial charge in [-0.05, 0) is 54.2 Å². The second-order valence-corrected chi connectivity index (χ2v) is 8.73. The lowest BCUT2D eigenvalue weighted by molar-refractivity contribution is 0.198. The van der Waals surface area contributed by atoms with Crippen molar-refractivity contribution in [2.45, 2.75) is 31.8 Å². The first-order chi connectivity index (χ1) is 16.2. The summed E-state index contributed by atoms with van der Waals surface area (Å²) < 4.78 is 1.90. The molecule has 1 saturated heterocycles. The molecule has 1 atom stereocenters. The molecular weight excluding hydrogens is 409 g/mol. The van der Waals surface area contributed by atoms with Crippen molar-refractivity contribution in [1.29, 1.82) is 5.26 Å². The highest BCUT2D eigenvalue weighted by Crippen LogP contribution is 2.28. The molecule has 4 aromatic rings. The zero-order valence-electron chi connectivity index (χ0n) is 18.8. The zero-order chi connectivity index (χ0) is 22.6. The molecule has 1 aliphatic rings. The Morgan fingerprint density at radius 2 is 2.03 bits per heavy atom. The highest BCUT2D eigenvalue weighted by atomic mass is 15.3. The molecular formula is C25H26BN7. The molecule has 1 unspecified atom stereocenters. The minimum absolute atomic E-state index is 0.371. The maximum atomic E-state index is 9.03. The van der Waals surface area contributed by atoms with Crippen LogP contribution >= 0.6 is 0 Å². The number of benzene rings is 1. The van der Waals surface area contributed by atoms with Crippen LogP contribution in [0.5, 0.6) is 0 Å². The van der Waals surface area contributed by atoms with E-state index in [2.05, 4.69) is 58.5 Å². The van der Waals surface area contributed by atoms with Gasteiger partial charge >= 0.3 is 0 Å². The molecule has 1 aliphatic heterocycles. The van der Waals surface area contributed by atoms with E-state index in [9.17, 15) is 0 Å². The van der Waals surface area contributed by atoms with Gasteiger partial charge in [0, 0.05) is 50.2 Å². The van der Waals surface area contributed by atoms with Crippen molar-refractivity contribution >= 4 is 24.8 Å². The van der Waals surface area contributed by atoms with Crippen molar-refractivity contribution in [2.75, 3.05) is 18.4 Å². The Hall–Kier alpha value is -3.70. The summed E-state index contributed by atoms with van der Waals surface area (Å²) in [6, 6.07) is 16.3. The van der Waals surface area contributed by atoms with Gasteiger partial charge in [-0.1, -0.05) is 18.2 Å². The molecule has 4 heterocycles. The van der Waals surface area contributed by atoms with Crippen LogP contribution < -0.4 is 10.8 Å². The van der Waals surface area contributed by atoms with E-state index in [1.54, 1.807) is 6.20 Å². The average molecular weight is 435 g/mol. The molecule has 3 aromatic heterocycles. The van der Waals surface area contributed by atoms with Gasteiger partial charge in [0.2, 0.25) is 0 Å². The number of hydrogen-bond acceptors (Lipinski definition) is 6. The third-order valence-electron chi connectivity index (χ3n) is 6.28. The molecule has 164 valence electrons. The van der Waals surface area contributed by atoms with Crippen LogP contribution in [-0.2, 0) is 13.1 Å². The number of aromatic nitrogens is 4. The van der Waals surface area contributed by atoms with E-state index in [0.717, 1.165) is 60.7 Å². The minimum Gasteiger partial charge on any atom is -0.366 e. The second kappa shape index (κ2) is 9.43. The van der Waals surface area contributed by atoms with Crippen LogP contribution in [0.2, 0.25) is 0 Å². The van der Waals surface area contributed by atoms with Gasteiger partial charge in [-0.15, -0.1) is 0 Å². The normalized spacial score (nSPS) is 16.5. The molecule has 33 heavy (non-hydrogen) atoms. The minimum atomic E-state index is 0.371. The topological polar surface area (TPSA) is 82.1 Å². The average Bonchev–Trinajstić information content (AvgIpc) is 3.24. The third kappa shape index (κ3) is 4.74. The van der Waals surface area contributed by atoms with E-state index in [0.29, 0.717) is 18.0 Å². The Bertz CT molecular complexity index is 1280. The van der Waals surface area contributed by atoms with E-state index in [4.69, 9.17) is 10.2 Å². The third-order valence-corrected chi connectivity index (χ3v) is 6.28. The maximum Gasteiger partial charge on any atom is 0.151 e. The Labute approximate surface area is 194 Å². The van der Waals surface area contributed by atoms with E-state index in [-0.39, 0.29) is 0 Å². The molecule has 0 amide bonds. The summed E-state index contributed by atoms with van der Waals surface area (Å²) in [7, 11) is 2.06. The van der Waals surface area contributed by atoms with Gasteiger partial charge in [-0.2, -0.15) is 14.9 Å². The second-order valence-electron chi connectivity index (χ2n) is 8.73. The standard InChI is InChI=1S/C25H26BN7/c26-22-15-30-33-24(29-14-20-3-1-9-28-13-20)11-23(31-25(22)33)21-4-2-10-32(17-21)16-19-7-5-18(12-27)6-8-19/h1,3,5-9,11,13,15,21,29H,2,4,10,14,16-17,26H2. The van der Waals surface area contributed by atoms with Crippen LogP contribution in [0.3, 0.4) is 0 Å². The molecule has 0 radical (unpaired) electrons. The summed E-state index contributed by atoms with van der Waals surface area (Å²) in [6.45, 7) is 3.62. The van der Waals surface area contributed by atoms with Crippen molar-refractivity contribution in [3.63, 3.8) is 0 Å². The van der Waals surface area contributed by atoms with Gasteiger partial charge < -0.3 is 5.32 Å². The number of nitriles is 1. The molecule has 1 fully saturated rings. The number of piperidine rings is 1. The Morgan fingerprint density at radius 1 is 1.15 bits per heavy atom. The molecule has 0 spiro atoms. The smallest absolute Gasteiger partial charge is 0.151 e. The zero-order valence-corrected chi connectivity index (χ0v) is 18.8. The fourth-order valence-electron chi connectivity index (χ4n) is 4.51. The quantitative estimate of drug-likeness (QED) is 0.468. The van der Waals surface area contributed by atoms with Gasteiger partial charge in [0.25, 0.3) is 0 Å². The monoisotopic (exact) mass is 435 g/mol. The SMILES string of the molecule is Bc1cnn2c(NCc3cccnc3)cc(C3CCCN(Cc4ccc(C#N)cc4)C3)nc12. The van der Waals surface area contributed by atoms with Gasteiger partial charge in [0.15, 0.2) is 5.65 Å². The number of nitrogens with one attached hydrogen (secondary N) is 1. The van der Waals surface area contributed by atoms with Crippen LogP contribution in [0.1, 0.15) is 41.1 Å².